The van der Waals surface area contributed by atoms with Gasteiger partial charge in [-0.15, -0.1) is 24.8 Å². The van der Waals surface area contributed by atoms with Gasteiger partial charge in [0.25, 0.3) is 0 Å². The van der Waals surface area contributed by atoms with Gasteiger partial charge in [0.2, 0.25) is 0 Å². The number of hydrogen-bond donors (Lipinski definition) is 0. The Morgan fingerprint density at radius 1 is 1.20 bits per heavy atom. The number of hydrogen-bond acceptors (Lipinski definition) is 0. The van der Waals surface area contributed by atoms with Crippen LogP contribution in [0.25, 0.3) is 0 Å². The van der Waals surface area contributed by atoms with Crippen LogP contribution in [0, 0.1) is 11.8 Å². The quantitative estimate of drug-likeness (QED) is 0.589. The first-order valence-electron chi connectivity index (χ1n) is 5.14. The van der Waals surface area contributed by atoms with Crippen molar-refractivity contribution in [1.29, 1.82) is 0 Å². The summed E-state index contributed by atoms with van der Waals surface area (Å²) in [6, 6.07) is 0. The normalized spacial score (nSPS) is 15.1. The van der Waals surface area contributed by atoms with Crippen LogP contribution in [0.15, 0.2) is 20.6 Å². The molecule has 1 aliphatic rings. The Morgan fingerprint density at radius 2 is 1.73 bits per heavy atom. The molecule has 0 spiro atoms. The van der Waals surface area contributed by atoms with E-state index in [1.54, 1.807) is 14.5 Å². The standard InChI is InChI=1S/C12H19.2ClH.Hf/c1-9(2)7-11-5-6-12(8-11)10(3)4;;;/h8-10H,5,7H2,1-4H3;2*1H;. The van der Waals surface area contributed by atoms with E-state index in [2.05, 4.69) is 33.8 Å². The molecule has 15 heavy (non-hydrogen) atoms. The molecule has 0 unspecified atom stereocenters. The van der Waals surface area contributed by atoms with Crippen LogP contribution in [0.2, 0.25) is 0 Å². The maximum absolute atomic E-state index is 2.47. The molecule has 87 valence electrons. The van der Waals surface area contributed by atoms with E-state index in [9.17, 15) is 0 Å². The van der Waals surface area contributed by atoms with Crippen LogP contribution < -0.4 is 0 Å². The minimum atomic E-state index is 0. The topological polar surface area (TPSA) is 0 Å². The smallest absolute Gasteiger partial charge is 0.147 e. The van der Waals surface area contributed by atoms with Gasteiger partial charge in [0, 0.05) is 0 Å². The summed E-state index contributed by atoms with van der Waals surface area (Å²) in [7, 11) is 0. The molecule has 0 aromatic heterocycles. The minimum Gasteiger partial charge on any atom is -0.147 e. The van der Waals surface area contributed by atoms with Crippen LogP contribution in [0.3, 0.4) is 0 Å². The van der Waals surface area contributed by atoms with Gasteiger partial charge in [-0.2, -0.15) is 0 Å². The van der Waals surface area contributed by atoms with Crippen molar-refractivity contribution in [3.63, 3.8) is 0 Å². The van der Waals surface area contributed by atoms with Crippen LogP contribution in [0.4, 0.5) is 0 Å². The molecule has 0 amide bonds. The zero-order valence-corrected chi connectivity index (χ0v) is 15.2. The van der Waals surface area contributed by atoms with E-state index in [1.165, 1.54) is 37.2 Å². The molecule has 0 saturated heterocycles. The van der Waals surface area contributed by atoms with Crippen molar-refractivity contribution in [3.05, 3.63) is 20.6 Å². The Morgan fingerprint density at radius 3 is 2.07 bits per heavy atom. The van der Waals surface area contributed by atoms with Crippen molar-refractivity contribution in [1.82, 2.24) is 0 Å². The summed E-state index contributed by atoms with van der Waals surface area (Å²) in [6.07, 6.45) is 5.05. The summed E-state index contributed by atoms with van der Waals surface area (Å²) in [6.45, 7) is 9.23. The Kier molecular flexibility index (Phi) is 9.86. The number of rotatable bonds is 3. The molecule has 0 nitrogen and oxygen atoms in total. The third-order valence-corrected chi connectivity index (χ3v) is 4.08. The number of allylic oxidation sites excluding steroid dienone is 4. The first-order valence-corrected chi connectivity index (χ1v) is 6.94. The summed E-state index contributed by atoms with van der Waals surface area (Å²) < 4.78 is 1.73. The molecule has 0 aliphatic heterocycles. The minimum absolute atomic E-state index is 0. The van der Waals surface area contributed by atoms with E-state index in [4.69, 9.17) is 0 Å². The van der Waals surface area contributed by atoms with Crippen LogP contribution in [-0.4, -0.2) is 0 Å². The van der Waals surface area contributed by atoms with E-state index >= 15 is 0 Å². The van der Waals surface area contributed by atoms with Crippen LogP contribution >= 0.6 is 24.8 Å². The van der Waals surface area contributed by atoms with Crippen molar-refractivity contribution in [2.45, 2.75) is 40.5 Å². The van der Waals surface area contributed by atoms with Gasteiger partial charge in [0.05, 0.1) is 0 Å². The monoisotopic (exact) mass is 415 g/mol. The van der Waals surface area contributed by atoms with Gasteiger partial charge in [0.15, 0.2) is 0 Å². The molecule has 0 fully saturated rings. The Balaban J connectivity index is 0. The molecule has 0 radical (unpaired) electrons. The molecular formula is C12H21Cl2Hf. The van der Waals surface area contributed by atoms with Crippen molar-refractivity contribution in [3.8, 4) is 0 Å². The first kappa shape index (κ1) is 18.3. The van der Waals surface area contributed by atoms with Gasteiger partial charge < -0.3 is 0 Å². The molecule has 0 heterocycles. The third-order valence-electron chi connectivity index (χ3n) is 2.40. The molecule has 0 aromatic carbocycles. The Labute approximate surface area is 121 Å². The summed E-state index contributed by atoms with van der Waals surface area (Å²) in [5.74, 6) is 1.55. The second-order valence-corrected chi connectivity index (χ2v) is 6.83. The second-order valence-electron chi connectivity index (χ2n) is 4.67. The predicted molar refractivity (Wildman–Crippen MR) is 68.5 cm³/mol. The van der Waals surface area contributed by atoms with Crippen molar-refractivity contribution < 1.29 is 24.4 Å². The Bertz CT molecular complexity index is 252. The summed E-state index contributed by atoms with van der Waals surface area (Å²) in [5.41, 5.74) is 3.31. The molecule has 0 saturated carbocycles. The van der Waals surface area contributed by atoms with E-state index < -0.39 is 0 Å². The predicted octanol–water partition coefficient (Wildman–Crippen LogP) is 4.66. The van der Waals surface area contributed by atoms with Crippen molar-refractivity contribution in [2.75, 3.05) is 0 Å². The van der Waals surface area contributed by atoms with Gasteiger partial charge in [0.1, 0.15) is 0 Å². The van der Waals surface area contributed by atoms with E-state index in [-0.39, 0.29) is 24.8 Å². The second kappa shape index (κ2) is 8.08. The molecule has 1 aliphatic carbocycles. The van der Waals surface area contributed by atoms with Gasteiger partial charge in [-0.3, -0.25) is 0 Å². The molecule has 3 heteroatoms. The molecule has 1 rings (SSSR count). The largest absolute Gasteiger partial charge is 0.147 e. The molecular weight excluding hydrogens is 394 g/mol. The zero-order valence-electron chi connectivity index (χ0n) is 9.96. The van der Waals surface area contributed by atoms with Crippen molar-refractivity contribution in [2.24, 2.45) is 11.8 Å². The van der Waals surface area contributed by atoms with Gasteiger partial charge in [-0.05, 0) is 0 Å². The molecule has 0 bridgehead atoms. The SMILES string of the molecule is CC(C)CC1=CC(C(C)C)=[C]([Hf])C1.Cl.Cl. The fourth-order valence-electron chi connectivity index (χ4n) is 1.86. The molecule has 0 aromatic rings. The van der Waals surface area contributed by atoms with E-state index in [0.717, 1.165) is 11.8 Å². The molecule has 0 atom stereocenters. The summed E-state index contributed by atoms with van der Waals surface area (Å²) in [5, 5.41) is 0. The van der Waals surface area contributed by atoms with E-state index in [0.29, 0.717) is 0 Å². The van der Waals surface area contributed by atoms with Crippen molar-refractivity contribution >= 4 is 24.8 Å². The van der Waals surface area contributed by atoms with Crippen LogP contribution in [0.1, 0.15) is 40.5 Å². The van der Waals surface area contributed by atoms with E-state index in [1.807, 2.05) is 0 Å². The maximum atomic E-state index is 2.47. The molecule has 0 N–H and O–H groups in total. The fraction of sp³-hybridized carbons (Fsp3) is 0.667. The number of halogens is 2. The maximum Gasteiger partial charge on any atom is -0.147 e. The summed E-state index contributed by atoms with van der Waals surface area (Å²) in [4.78, 5) is 0. The average molecular weight is 415 g/mol. The average Bonchev–Trinajstić information content (AvgIpc) is 2.29. The first-order chi connectivity index (χ1) is 6.00. The van der Waals surface area contributed by atoms with Gasteiger partial charge in [-0.25, -0.2) is 0 Å². The van der Waals surface area contributed by atoms with Crippen LogP contribution in [0.5, 0.6) is 0 Å². The summed E-state index contributed by atoms with van der Waals surface area (Å²) >= 11 is 1.25. The fourth-order valence-corrected chi connectivity index (χ4v) is 3.97. The zero-order chi connectivity index (χ0) is 10.0. The van der Waals surface area contributed by atoms with Gasteiger partial charge in [-0.1, -0.05) is 0 Å². The third kappa shape index (κ3) is 5.70. The Hall–Kier alpha value is 0.930. The van der Waals surface area contributed by atoms with Crippen LogP contribution in [-0.2, 0) is 24.4 Å². The van der Waals surface area contributed by atoms with Gasteiger partial charge >= 0.3 is 97.3 Å².